The number of carbonyl (C=O) groups excluding carboxylic acids is 1. The molecule has 28 heavy (non-hydrogen) atoms. The second kappa shape index (κ2) is 8.29. The van der Waals surface area contributed by atoms with Gasteiger partial charge in [-0.15, -0.1) is 0 Å². The first-order valence-electron chi connectivity index (χ1n) is 9.78. The summed E-state index contributed by atoms with van der Waals surface area (Å²) in [6.07, 6.45) is 0. The summed E-state index contributed by atoms with van der Waals surface area (Å²) < 4.78 is 1.26. The average Bonchev–Trinajstić information content (AvgIpc) is 3.11. The SMILES string of the molecule is Cc1cccc(C(=O)NCCN2CCN(c3nc4ccc(C)cc4s3)CC2)c1. The van der Waals surface area contributed by atoms with Gasteiger partial charge >= 0.3 is 0 Å². The molecular weight excluding hydrogens is 368 g/mol. The maximum absolute atomic E-state index is 12.2. The van der Waals surface area contributed by atoms with Crippen LogP contribution in [0.25, 0.3) is 10.2 Å². The maximum atomic E-state index is 12.2. The number of rotatable bonds is 5. The molecule has 1 N–H and O–H groups in total. The van der Waals surface area contributed by atoms with Crippen LogP contribution in [0.3, 0.4) is 0 Å². The van der Waals surface area contributed by atoms with E-state index in [0.29, 0.717) is 6.54 Å². The Hall–Kier alpha value is -2.44. The molecule has 0 saturated carbocycles. The molecule has 1 aliphatic heterocycles. The van der Waals surface area contributed by atoms with Crippen LogP contribution in [0, 0.1) is 13.8 Å². The van der Waals surface area contributed by atoms with Gasteiger partial charge in [-0.1, -0.05) is 35.1 Å². The number of benzene rings is 2. The van der Waals surface area contributed by atoms with Crippen molar-refractivity contribution in [2.24, 2.45) is 0 Å². The molecule has 1 fully saturated rings. The Labute approximate surface area is 170 Å². The van der Waals surface area contributed by atoms with Crippen LogP contribution in [-0.2, 0) is 0 Å². The van der Waals surface area contributed by atoms with Crippen LogP contribution in [-0.4, -0.2) is 55.1 Å². The molecule has 146 valence electrons. The van der Waals surface area contributed by atoms with Crippen LogP contribution < -0.4 is 10.2 Å². The minimum Gasteiger partial charge on any atom is -0.351 e. The van der Waals surface area contributed by atoms with Gasteiger partial charge in [0.05, 0.1) is 10.2 Å². The summed E-state index contributed by atoms with van der Waals surface area (Å²) >= 11 is 1.78. The van der Waals surface area contributed by atoms with Gasteiger partial charge in [-0.05, 0) is 43.7 Å². The highest BCUT2D eigenvalue weighted by Crippen LogP contribution is 2.29. The van der Waals surface area contributed by atoms with Gasteiger partial charge in [-0.2, -0.15) is 0 Å². The lowest BCUT2D eigenvalue weighted by atomic mass is 10.1. The summed E-state index contributed by atoms with van der Waals surface area (Å²) in [7, 11) is 0. The second-order valence-electron chi connectivity index (χ2n) is 7.42. The van der Waals surface area contributed by atoms with Crippen molar-refractivity contribution in [2.45, 2.75) is 13.8 Å². The maximum Gasteiger partial charge on any atom is 0.251 e. The Kier molecular flexibility index (Phi) is 5.59. The highest BCUT2D eigenvalue weighted by molar-refractivity contribution is 7.22. The number of aryl methyl sites for hydroxylation is 2. The largest absolute Gasteiger partial charge is 0.351 e. The van der Waals surface area contributed by atoms with Gasteiger partial charge in [0.2, 0.25) is 0 Å². The highest BCUT2D eigenvalue weighted by atomic mass is 32.1. The third-order valence-corrected chi connectivity index (χ3v) is 6.25. The molecule has 1 saturated heterocycles. The van der Waals surface area contributed by atoms with Gasteiger partial charge in [0.25, 0.3) is 5.91 Å². The Morgan fingerprint density at radius 2 is 1.86 bits per heavy atom. The number of aromatic nitrogens is 1. The van der Waals surface area contributed by atoms with Crippen LogP contribution >= 0.6 is 11.3 Å². The normalized spacial score (nSPS) is 15.1. The van der Waals surface area contributed by atoms with Crippen LogP contribution in [0.1, 0.15) is 21.5 Å². The van der Waals surface area contributed by atoms with Crippen molar-refractivity contribution in [1.29, 1.82) is 0 Å². The Morgan fingerprint density at radius 3 is 2.64 bits per heavy atom. The van der Waals surface area contributed by atoms with E-state index in [-0.39, 0.29) is 5.91 Å². The molecule has 0 aliphatic carbocycles. The van der Waals surface area contributed by atoms with Crippen LogP contribution in [0.4, 0.5) is 5.13 Å². The number of nitrogens with zero attached hydrogens (tertiary/aromatic N) is 3. The summed E-state index contributed by atoms with van der Waals surface area (Å²) in [6, 6.07) is 14.2. The number of carbonyl (C=O) groups is 1. The standard InChI is InChI=1S/C22H26N4OS/c1-16-4-3-5-18(14-16)21(27)23-8-9-25-10-12-26(13-11-25)22-24-19-7-6-17(2)15-20(19)28-22/h3-7,14-15H,8-13H2,1-2H3,(H,23,27). The summed E-state index contributed by atoms with van der Waals surface area (Å²) in [5.74, 6) is 0.00658. The van der Waals surface area contributed by atoms with Crippen molar-refractivity contribution in [3.63, 3.8) is 0 Å². The lowest BCUT2D eigenvalue weighted by molar-refractivity contribution is 0.0947. The van der Waals surface area contributed by atoms with E-state index in [0.717, 1.165) is 54.5 Å². The Bertz CT molecular complexity index is 976. The molecule has 0 spiro atoms. The quantitative estimate of drug-likeness (QED) is 0.720. The van der Waals surface area contributed by atoms with Gasteiger partial charge < -0.3 is 10.2 Å². The number of fused-ring (bicyclic) bond motifs is 1. The predicted octanol–water partition coefficient (Wildman–Crippen LogP) is 3.47. The summed E-state index contributed by atoms with van der Waals surface area (Å²) in [4.78, 5) is 21.8. The van der Waals surface area contributed by atoms with Crippen LogP contribution in [0.15, 0.2) is 42.5 Å². The molecule has 0 radical (unpaired) electrons. The van der Waals surface area contributed by atoms with Gasteiger partial charge in [0.15, 0.2) is 5.13 Å². The molecule has 5 nitrogen and oxygen atoms in total. The number of hydrogen-bond donors (Lipinski definition) is 1. The van der Waals surface area contributed by atoms with Crippen LogP contribution in [0.2, 0.25) is 0 Å². The Morgan fingerprint density at radius 1 is 1.07 bits per heavy atom. The van der Waals surface area contributed by atoms with E-state index in [9.17, 15) is 4.79 Å². The molecular formula is C22H26N4OS. The van der Waals surface area contributed by atoms with Gasteiger partial charge in [-0.3, -0.25) is 9.69 Å². The first-order chi connectivity index (χ1) is 13.6. The fourth-order valence-electron chi connectivity index (χ4n) is 3.53. The molecule has 0 bridgehead atoms. The lowest BCUT2D eigenvalue weighted by Crippen LogP contribution is -2.48. The molecule has 0 unspecified atom stereocenters. The van der Waals surface area contributed by atoms with E-state index in [1.807, 2.05) is 31.2 Å². The summed E-state index contributed by atoms with van der Waals surface area (Å²) in [5.41, 5.74) is 4.21. The zero-order chi connectivity index (χ0) is 19.5. The number of nitrogens with one attached hydrogen (secondary N) is 1. The highest BCUT2D eigenvalue weighted by Gasteiger charge is 2.19. The zero-order valence-corrected chi connectivity index (χ0v) is 17.3. The van der Waals surface area contributed by atoms with E-state index in [1.165, 1.54) is 10.3 Å². The smallest absolute Gasteiger partial charge is 0.251 e. The van der Waals surface area contributed by atoms with Crippen molar-refractivity contribution < 1.29 is 4.79 Å². The van der Waals surface area contributed by atoms with E-state index < -0.39 is 0 Å². The van der Waals surface area contributed by atoms with E-state index in [2.05, 4.69) is 40.2 Å². The van der Waals surface area contributed by atoms with Crippen molar-refractivity contribution in [3.05, 3.63) is 59.2 Å². The number of amides is 1. The molecule has 1 aliphatic rings. The summed E-state index contributed by atoms with van der Waals surface area (Å²) in [5, 5.41) is 4.15. The van der Waals surface area contributed by atoms with Crippen molar-refractivity contribution in [1.82, 2.24) is 15.2 Å². The molecule has 0 atom stereocenters. The minimum absolute atomic E-state index is 0.00658. The monoisotopic (exact) mass is 394 g/mol. The zero-order valence-electron chi connectivity index (χ0n) is 16.4. The fraction of sp³-hybridized carbons (Fsp3) is 0.364. The molecule has 3 aromatic rings. The van der Waals surface area contributed by atoms with E-state index in [4.69, 9.17) is 4.98 Å². The molecule has 6 heteroatoms. The third-order valence-electron chi connectivity index (χ3n) is 5.17. The molecule has 1 amide bonds. The Balaban J connectivity index is 1.25. The van der Waals surface area contributed by atoms with E-state index >= 15 is 0 Å². The van der Waals surface area contributed by atoms with Gasteiger partial charge in [-0.25, -0.2) is 4.98 Å². The molecule has 4 rings (SSSR count). The molecule has 2 aromatic carbocycles. The second-order valence-corrected chi connectivity index (χ2v) is 8.43. The van der Waals surface area contributed by atoms with Gasteiger partial charge in [0.1, 0.15) is 0 Å². The van der Waals surface area contributed by atoms with Crippen molar-refractivity contribution in [3.8, 4) is 0 Å². The number of piperazine rings is 1. The first-order valence-corrected chi connectivity index (χ1v) is 10.6. The van der Waals surface area contributed by atoms with Gasteiger partial charge in [0, 0.05) is 44.8 Å². The van der Waals surface area contributed by atoms with E-state index in [1.54, 1.807) is 11.3 Å². The summed E-state index contributed by atoms with van der Waals surface area (Å²) in [6.45, 7) is 9.62. The average molecular weight is 395 g/mol. The van der Waals surface area contributed by atoms with Crippen LogP contribution in [0.5, 0.6) is 0 Å². The number of anilines is 1. The molecule has 2 heterocycles. The fourth-order valence-corrected chi connectivity index (χ4v) is 4.65. The number of hydrogen-bond acceptors (Lipinski definition) is 5. The first kappa shape index (κ1) is 18.9. The third kappa shape index (κ3) is 4.34. The topological polar surface area (TPSA) is 48.5 Å². The molecule has 1 aromatic heterocycles. The predicted molar refractivity (Wildman–Crippen MR) is 117 cm³/mol. The van der Waals surface area contributed by atoms with Crippen molar-refractivity contribution >= 4 is 32.6 Å². The minimum atomic E-state index is 0.00658. The van der Waals surface area contributed by atoms with Crippen molar-refractivity contribution in [2.75, 3.05) is 44.2 Å². The lowest BCUT2D eigenvalue weighted by Gasteiger charge is -2.34. The number of thiazole rings is 1.